The van der Waals surface area contributed by atoms with Crippen molar-refractivity contribution >= 4 is 15.8 Å². The van der Waals surface area contributed by atoms with Crippen molar-refractivity contribution in [2.75, 3.05) is 5.43 Å². The maximum atomic E-state index is 12.5. The Morgan fingerprint density at radius 1 is 1.10 bits per heavy atom. The summed E-state index contributed by atoms with van der Waals surface area (Å²) in [6, 6.07) is 10.8. The van der Waals surface area contributed by atoms with Gasteiger partial charge < -0.3 is 5.43 Å². The summed E-state index contributed by atoms with van der Waals surface area (Å²) >= 11 is 0. The molecule has 0 aliphatic carbocycles. The molecule has 0 bridgehead atoms. The van der Waals surface area contributed by atoms with Gasteiger partial charge in [0.15, 0.2) is 0 Å². The second kappa shape index (κ2) is 4.86. The number of pyridine rings is 1. The van der Waals surface area contributed by atoms with Crippen molar-refractivity contribution in [1.29, 1.82) is 0 Å². The molecule has 6 nitrogen and oxygen atoms in total. The minimum atomic E-state index is -3.53. The van der Waals surface area contributed by atoms with Crippen LogP contribution < -0.4 is 11.3 Å². The highest BCUT2D eigenvalue weighted by molar-refractivity contribution is 7.89. The van der Waals surface area contributed by atoms with Gasteiger partial charge >= 0.3 is 0 Å². The van der Waals surface area contributed by atoms with E-state index >= 15 is 0 Å². The largest absolute Gasteiger partial charge is 0.308 e. The lowest BCUT2D eigenvalue weighted by Gasteiger charge is -2.15. The number of nitrogens with two attached hydrogens (primary N) is 1. The molecule has 1 aromatic carbocycles. The molecule has 2 aromatic rings. The fourth-order valence-corrected chi connectivity index (χ4v) is 3.58. The van der Waals surface area contributed by atoms with Crippen LogP contribution in [0.15, 0.2) is 47.5 Å². The normalized spacial score (nSPS) is 15.1. The van der Waals surface area contributed by atoms with E-state index in [0.717, 1.165) is 11.1 Å². The molecule has 1 aliphatic rings. The highest BCUT2D eigenvalue weighted by Crippen LogP contribution is 2.28. The summed E-state index contributed by atoms with van der Waals surface area (Å²) in [5, 5.41) is 0. The van der Waals surface area contributed by atoms with E-state index in [2.05, 4.69) is 10.4 Å². The van der Waals surface area contributed by atoms with Gasteiger partial charge in [-0.25, -0.2) is 19.2 Å². The van der Waals surface area contributed by atoms with Crippen LogP contribution in [0, 0.1) is 0 Å². The summed E-state index contributed by atoms with van der Waals surface area (Å²) in [4.78, 5) is 4.11. The third kappa shape index (κ3) is 2.15. The summed E-state index contributed by atoms with van der Waals surface area (Å²) in [6.07, 6.45) is 1.31. The molecule has 0 radical (unpaired) electrons. The van der Waals surface area contributed by atoms with Crippen LogP contribution in [-0.4, -0.2) is 17.7 Å². The fraction of sp³-hybridized carbons (Fsp3) is 0.154. The highest BCUT2D eigenvalue weighted by Gasteiger charge is 2.30. The minimum absolute atomic E-state index is 0.171. The second-order valence-corrected chi connectivity index (χ2v) is 6.50. The Kier molecular flexibility index (Phi) is 3.17. The van der Waals surface area contributed by atoms with E-state index in [0.29, 0.717) is 18.9 Å². The van der Waals surface area contributed by atoms with E-state index in [4.69, 9.17) is 5.84 Å². The summed E-state index contributed by atoms with van der Waals surface area (Å²) < 4.78 is 26.5. The van der Waals surface area contributed by atoms with Gasteiger partial charge in [0.1, 0.15) is 10.7 Å². The summed E-state index contributed by atoms with van der Waals surface area (Å²) in [5.74, 6) is 5.64. The first-order chi connectivity index (χ1) is 9.61. The van der Waals surface area contributed by atoms with Crippen molar-refractivity contribution in [3.05, 3.63) is 53.7 Å². The van der Waals surface area contributed by atoms with Gasteiger partial charge in [-0.1, -0.05) is 24.3 Å². The first-order valence-electron chi connectivity index (χ1n) is 6.11. The molecule has 0 amide bonds. The molecule has 0 atom stereocenters. The van der Waals surface area contributed by atoms with Crippen LogP contribution in [0.5, 0.6) is 0 Å². The average molecular weight is 290 g/mol. The molecule has 1 aromatic heterocycles. The van der Waals surface area contributed by atoms with Crippen LogP contribution in [0.3, 0.4) is 0 Å². The minimum Gasteiger partial charge on any atom is -0.308 e. The molecule has 1 aliphatic heterocycles. The lowest BCUT2D eigenvalue weighted by atomic mass is 10.1. The highest BCUT2D eigenvalue weighted by atomic mass is 32.2. The van der Waals surface area contributed by atoms with Crippen LogP contribution in [-0.2, 0) is 23.1 Å². The maximum absolute atomic E-state index is 12.5. The lowest BCUT2D eigenvalue weighted by Crippen LogP contribution is -2.25. The second-order valence-electron chi connectivity index (χ2n) is 4.57. The summed E-state index contributed by atoms with van der Waals surface area (Å²) in [5.41, 5.74) is 4.46. The van der Waals surface area contributed by atoms with Gasteiger partial charge in [0.25, 0.3) is 0 Å². The molecule has 0 saturated carbocycles. The van der Waals surface area contributed by atoms with Gasteiger partial charge in [-0.3, -0.25) is 0 Å². The monoisotopic (exact) mass is 290 g/mol. The van der Waals surface area contributed by atoms with Gasteiger partial charge in [-0.2, -0.15) is 4.31 Å². The van der Waals surface area contributed by atoms with Crippen LogP contribution in [0.4, 0.5) is 5.82 Å². The van der Waals surface area contributed by atoms with Crippen LogP contribution >= 0.6 is 0 Å². The van der Waals surface area contributed by atoms with Crippen molar-refractivity contribution in [3.8, 4) is 0 Å². The van der Waals surface area contributed by atoms with Gasteiger partial charge in [0, 0.05) is 19.3 Å². The zero-order valence-electron chi connectivity index (χ0n) is 10.7. The number of nitrogens with one attached hydrogen (secondary N) is 1. The number of nitrogens with zero attached hydrogens (tertiary/aromatic N) is 2. The van der Waals surface area contributed by atoms with Crippen molar-refractivity contribution in [3.63, 3.8) is 0 Å². The zero-order chi connectivity index (χ0) is 14.2. The Morgan fingerprint density at radius 2 is 1.75 bits per heavy atom. The Hall–Kier alpha value is -1.96. The van der Waals surface area contributed by atoms with E-state index < -0.39 is 10.0 Å². The van der Waals surface area contributed by atoms with Crippen molar-refractivity contribution < 1.29 is 8.42 Å². The Bertz CT molecular complexity index is 703. The van der Waals surface area contributed by atoms with Crippen LogP contribution in [0.1, 0.15) is 11.1 Å². The van der Waals surface area contributed by atoms with E-state index in [1.165, 1.54) is 22.6 Å². The van der Waals surface area contributed by atoms with Gasteiger partial charge in [0.2, 0.25) is 10.0 Å². The van der Waals surface area contributed by atoms with E-state index in [1.54, 1.807) is 0 Å². The van der Waals surface area contributed by atoms with E-state index in [1.807, 2.05) is 24.3 Å². The molecule has 2 heterocycles. The molecule has 0 fully saturated rings. The number of aromatic nitrogens is 1. The van der Waals surface area contributed by atoms with Crippen molar-refractivity contribution in [2.24, 2.45) is 5.84 Å². The molecule has 20 heavy (non-hydrogen) atoms. The number of sulfonamides is 1. The van der Waals surface area contributed by atoms with Gasteiger partial charge in [-0.15, -0.1) is 0 Å². The summed E-state index contributed by atoms with van der Waals surface area (Å²) in [6.45, 7) is 0.796. The summed E-state index contributed by atoms with van der Waals surface area (Å²) in [7, 11) is -3.53. The number of hydrogen-bond donors (Lipinski definition) is 2. The number of hydrogen-bond acceptors (Lipinski definition) is 5. The first kappa shape index (κ1) is 13.0. The number of fused-ring (bicyclic) bond motifs is 1. The number of rotatable bonds is 3. The maximum Gasteiger partial charge on any atom is 0.245 e. The third-order valence-corrected chi connectivity index (χ3v) is 5.11. The predicted octanol–water partition coefficient (Wildman–Crippen LogP) is 1.07. The molecule has 0 saturated heterocycles. The third-order valence-electron chi connectivity index (χ3n) is 3.33. The molecular weight excluding hydrogens is 276 g/mol. The molecule has 3 N–H and O–H groups in total. The Morgan fingerprint density at radius 3 is 2.25 bits per heavy atom. The Labute approximate surface area is 117 Å². The SMILES string of the molecule is NNc1ccc(S(=O)(=O)N2Cc3ccccc3C2)cn1. The standard InChI is InChI=1S/C13H14N4O2S/c14-16-13-6-5-12(7-15-13)20(18,19)17-8-10-3-1-2-4-11(10)9-17/h1-7H,8-9,14H2,(H,15,16). The number of benzene rings is 1. The topological polar surface area (TPSA) is 88.3 Å². The fourth-order valence-electron chi connectivity index (χ4n) is 2.24. The molecule has 104 valence electrons. The smallest absolute Gasteiger partial charge is 0.245 e. The van der Waals surface area contributed by atoms with Crippen molar-refractivity contribution in [1.82, 2.24) is 9.29 Å². The van der Waals surface area contributed by atoms with Gasteiger partial charge in [0.05, 0.1) is 0 Å². The van der Waals surface area contributed by atoms with E-state index in [9.17, 15) is 8.42 Å². The van der Waals surface area contributed by atoms with Crippen LogP contribution in [0.2, 0.25) is 0 Å². The number of hydrazine groups is 1. The molecule has 0 unspecified atom stereocenters. The lowest BCUT2D eigenvalue weighted by molar-refractivity contribution is 0.431. The molecular formula is C13H14N4O2S. The number of nitrogen functional groups attached to an aromatic ring is 1. The Balaban J connectivity index is 1.90. The first-order valence-corrected chi connectivity index (χ1v) is 7.55. The predicted molar refractivity (Wildman–Crippen MR) is 74.9 cm³/mol. The van der Waals surface area contributed by atoms with Gasteiger partial charge in [-0.05, 0) is 23.3 Å². The zero-order valence-corrected chi connectivity index (χ0v) is 11.5. The van der Waals surface area contributed by atoms with Crippen LogP contribution in [0.25, 0.3) is 0 Å². The van der Waals surface area contributed by atoms with E-state index in [-0.39, 0.29) is 4.90 Å². The van der Waals surface area contributed by atoms with Crippen molar-refractivity contribution in [2.45, 2.75) is 18.0 Å². The molecule has 3 rings (SSSR count). The molecule has 0 spiro atoms. The quantitative estimate of drug-likeness (QED) is 0.652. The number of anilines is 1. The average Bonchev–Trinajstić information content (AvgIpc) is 2.92. The molecule has 7 heteroatoms.